The number of amides is 1. The van der Waals surface area contributed by atoms with Gasteiger partial charge in [-0.3, -0.25) is 4.79 Å². The van der Waals surface area contributed by atoms with E-state index in [-0.39, 0.29) is 5.91 Å². The van der Waals surface area contributed by atoms with Gasteiger partial charge in [0.05, 0.1) is 18.3 Å². The Kier molecular flexibility index (Phi) is 5.52. The zero-order chi connectivity index (χ0) is 20.4. The molecule has 2 aromatic rings. The van der Waals surface area contributed by atoms with Gasteiger partial charge in [-0.1, -0.05) is 30.3 Å². The molecule has 0 unspecified atom stereocenters. The third kappa shape index (κ3) is 3.97. The minimum atomic E-state index is -0.520. The number of piperidine rings is 1. The molecule has 7 nitrogen and oxygen atoms in total. The molecule has 2 N–H and O–H groups in total. The smallest absolute Gasteiger partial charge is 0.239 e. The average molecular weight is 396 g/mol. The van der Waals surface area contributed by atoms with Crippen molar-refractivity contribution in [2.75, 3.05) is 38.7 Å². The highest BCUT2D eigenvalue weighted by Crippen LogP contribution is 2.40. The highest BCUT2D eigenvalue weighted by Gasteiger charge is 2.43. The molecule has 1 amide bonds. The minimum Gasteiger partial charge on any atom is -0.368 e. The van der Waals surface area contributed by atoms with Crippen LogP contribution in [0.2, 0.25) is 0 Å². The lowest BCUT2D eigenvalue weighted by molar-refractivity contribution is -0.142. The summed E-state index contributed by atoms with van der Waals surface area (Å²) in [5.74, 6) is 0.702. The summed E-state index contributed by atoms with van der Waals surface area (Å²) in [6.45, 7) is 1.92. The molecule has 1 aromatic carbocycles. The van der Waals surface area contributed by atoms with E-state index in [2.05, 4.69) is 4.98 Å². The van der Waals surface area contributed by atoms with Crippen LogP contribution in [0.25, 0.3) is 0 Å². The van der Waals surface area contributed by atoms with Gasteiger partial charge in [0.25, 0.3) is 0 Å². The number of aromatic nitrogens is 2. The number of benzene rings is 1. The second-order valence-corrected chi connectivity index (χ2v) is 8.15. The van der Waals surface area contributed by atoms with Gasteiger partial charge >= 0.3 is 0 Å². The van der Waals surface area contributed by atoms with Crippen molar-refractivity contribution in [3.63, 3.8) is 0 Å². The van der Waals surface area contributed by atoms with Crippen molar-refractivity contribution < 1.29 is 9.53 Å². The molecule has 2 aliphatic heterocycles. The van der Waals surface area contributed by atoms with Crippen LogP contribution < -0.4 is 10.6 Å². The van der Waals surface area contributed by atoms with Crippen LogP contribution in [-0.4, -0.2) is 60.6 Å². The predicted octanol–water partition coefficient (Wildman–Crippen LogP) is 1.50. The lowest BCUT2D eigenvalue weighted by atomic mass is 9.83. The summed E-state index contributed by atoms with van der Waals surface area (Å²) in [7, 11) is 3.88. The fourth-order valence-corrected chi connectivity index (χ4v) is 4.27. The number of likely N-dealkylation sites (tertiary alicyclic amines) is 1. The highest BCUT2D eigenvalue weighted by molar-refractivity contribution is 5.82. The van der Waals surface area contributed by atoms with Crippen LogP contribution in [0.4, 0.5) is 5.95 Å². The van der Waals surface area contributed by atoms with E-state index in [0.717, 1.165) is 36.1 Å². The molecule has 2 aliphatic rings. The van der Waals surface area contributed by atoms with Gasteiger partial charge in [-0.15, -0.1) is 0 Å². The lowest BCUT2D eigenvalue weighted by Crippen LogP contribution is -2.53. The van der Waals surface area contributed by atoms with Crippen LogP contribution in [0.15, 0.2) is 36.5 Å². The first-order valence-electron chi connectivity index (χ1n) is 10.2. The standard InChI is InChI=1S/C22H29N5O2/c1-26(2)21-24-15-17-8-13-29-22(19(17)25-21)9-11-27(12-10-22)20(28)18(23)14-16-6-4-3-5-7-16/h3-7,15,18H,8-14,23H2,1-2H3/t18-/m1/s1. The van der Waals surface area contributed by atoms with Crippen LogP contribution >= 0.6 is 0 Å². The van der Waals surface area contributed by atoms with E-state index in [0.29, 0.717) is 32.1 Å². The second kappa shape index (κ2) is 8.08. The van der Waals surface area contributed by atoms with Gasteiger partial charge < -0.3 is 20.3 Å². The summed E-state index contributed by atoms with van der Waals surface area (Å²) in [6.07, 6.45) is 4.77. The molecule has 1 saturated heterocycles. The number of fused-ring (bicyclic) bond motifs is 2. The Morgan fingerprint density at radius 1 is 1.28 bits per heavy atom. The van der Waals surface area contributed by atoms with Crippen molar-refractivity contribution >= 4 is 11.9 Å². The van der Waals surface area contributed by atoms with Crippen LogP contribution in [0.5, 0.6) is 0 Å². The molecule has 0 bridgehead atoms. The summed E-state index contributed by atoms with van der Waals surface area (Å²) in [5, 5.41) is 0. The molecule has 0 saturated carbocycles. The Bertz CT molecular complexity index is 863. The number of carbonyl (C=O) groups excluding carboxylic acids is 1. The number of hydrogen-bond acceptors (Lipinski definition) is 6. The molecular formula is C22H29N5O2. The Hall–Kier alpha value is -2.51. The molecule has 154 valence electrons. The average Bonchev–Trinajstić information content (AvgIpc) is 2.74. The van der Waals surface area contributed by atoms with Gasteiger partial charge in [0.2, 0.25) is 11.9 Å². The second-order valence-electron chi connectivity index (χ2n) is 8.15. The maximum Gasteiger partial charge on any atom is 0.239 e. The largest absolute Gasteiger partial charge is 0.368 e. The quantitative estimate of drug-likeness (QED) is 0.845. The molecular weight excluding hydrogens is 366 g/mol. The zero-order valence-electron chi connectivity index (χ0n) is 17.2. The number of anilines is 1. The molecule has 1 spiro atoms. The van der Waals surface area contributed by atoms with Crippen LogP contribution in [0, 0.1) is 0 Å². The van der Waals surface area contributed by atoms with E-state index in [1.807, 2.05) is 60.4 Å². The lowest BCUT2D eigenvalue weighted by Gasteiger charge is -2.44. The number of carbonyl (C=O) groups is 1. The van der Waals surface area contributed by atoms with Crippen molar-refractivity contribution in [2.24, 2.45) is 5.73 Å². The van der Waals surface area contributed by atoms with Crippen LogP contribution in [-0.2, 0) is 28.0 Å². The number of nitrogens with zero attached hydrogens (tertiary/aromatic N) is 4. The molecule has 0 radical (unpaired) electrons. The molecule has 1 aromatic heterocycles. The third-order valence-electron chi connectivity index (χ3n) is 5.93. The normalized spacial score (nSPS) is 18.9. The van der Waals surface area contributed by atoms with E-state index in [1.165, 1.54) is 0 Å². The first kappa shape index (κ1) is 19.8. The Morgan fingerprint density at radius 3 is 2.69 bits per heavy atom. The van der Waals surface area contributed by atoms with E-state index in [1.54, 1.807) is 0 Å². The highest BCUT2D eigenvalue weighted by atomic mass is 16.5. The minimum absolute atomic E-state index is 0.0106. The van der Waals surface area contributed by atoms with Crippen LogP contribution in [0.1, 0.15) is 29.7 Å². The van der Waals surface area contributed by atoms with Crippen molar-refractivity contribution in [2.45, 2.75) is 37.3 Å². The summed E-state index contributed by atoms with van der Waals surface area (Å²) in [4.78, 5) is 25.9. The van der Waals surface area contributed by atoms with E-state index in [9.17, 15) is 4.79 Å². The molecule has 1 fully saturated rings. The summed E-state index contributed by atoms with van der Waals surface area (Å²) in [5.41, 5.74) is 9.03. The molecule has 4 rings (SSSR count). The Balaban J connectivity index is 1.46. The van der Waals surface area contributed by atoms with Crippen molar-refractivity contribution in [1.29, 1.82) is 0 Å². The Labute approximate surface area is 171 Å². The summed E-state index contributed by atoms with van der Waals surface area (Å²) < 4.78 is 6.27. The molecule has 7 heteroatoms. The SMILES string of the molecule is CN(C)c1ncc2c(n1)C1(CCN(C(=O)[C@H](N)Cc3ccccc3)CC1)OCC2. The summed E-state index contributed by atoms with van der Waals surface area (Å²) in [6, 6.07) is 9.40. The predicted molar refractivity (Wildman–Crippen MR) is 112 cm³/mol. The van der Waals surface area contributed by atoms with Gasteiger partial charge in [0.15, 0.2) is 0 Å². The number of ether oxygens (including phenoxy) is 1. The van der Waals surface area contributed by atoms with Gasteiger partial charge in [-0.05, 0) is 36.8 Å². The van der Waals surface area contributed by atoms with Crippen molar-refractivity contribution in [3.05, 3.63) is 53.3 Å². The summed E-state index contributed by atoms with van der Waals surface area (Å²) >= 11 is 0. The monoisotopic (exact) mass is 395 g/mol. The fraction of sp³-hybridized carbons (Fsp3) is 0.500. The van der Waals surface area contributed by atoms with Gasteiger partial charge in [0.1, 0.15) is 5.60 Å². The van der Waals surface area contributed by atoms with E-state index >= 15 is 0 Å². The maximum absolute atomic E-state index is 12.9. The zero-order valence-corrected chi connectivity index (χ0v) is 17.2. The maximum atomic E-state index is 12.9. The van der Waals surface area contributed by atoms with E-state index < -0.39 is 11.6 Å². The molecule has 3 heterocycles. The van der Waals surface area contributed by atoms with E-state index in [4.69, 9.17) is 15.5 Å². The first-order chi connectivity index (χ1) is 14.0. The van der Waals surface area contributed by atoms with Crippen molar-refractivity contribution in [1.82, 2.24) is 14.9 Å². The van der Waals surface area contributed by atoms with Crippen LogP contribution in [0.3, 0.4) is 0 Å². The van der Waals surface area contributed by atoms with Gasteiger partial charge in [-0.25, -0.2) is 9.97 Å². The van der Waals surface area contributed by atoms with Gasteiger partial charge in [0, 0.05) is 33.4 Å². The number of rotatable bonds is 4. The van der Waals surface area contributed by atoms with Crippen molar-refractivity contribution in [3.8, 4) is 0 Å². The fourth-order valence-electron chi connectivity index (χ4n) is 4.27. The topological polar surface area (TPSA) is 84.6 Å². The third-order valence-corrected chi connectivity index (χ3v) is 5.93. The molecule has 1 atom stereocenters. The molecule has 0 aliphatic carbocycles. The number of nitrogens with two attached hydrogens (primary N) is 1. The number of hydrogen-bond donors (Lipinski definition) is 1. The van der Waals surface area contributed by atoms with Gasteiger partial charge in [-0.2, -0.15) is 0 Å². The molecule has 29 heavy (non-hydrogen) atoms. The Morgan fingerprint density at radius 2 is 2.00 bits per heavy atom. The first-order valence-corrected chi connectivity index (χ1v) is 10.2.